The van der Waals surface area contributed by atoms with E-state index >= 15 is 0 Å². The second-order valence-electron chi connectivity index (χ2n) is 4.22. The highest BCUT2D eigenvalue weighted by Crippen LogP contribution is 2.19. The van der Waals surface area contributed by atoms with E-state index in [1.165, 1.54) is 6.07 Å². The van der Waals surface area contributed by atoms with E-state index in [9.17, 15) is 4.39 Å². The van der Waals surface area contributed by atoms with Crippen LogP contribution in [0.2, 0.25) is 5.02 Å². The van der Waals surface area contributed by atoms with Gasteiger partial charge in [0, 0.05) is 11.1 Å². The number of likely N-dealkylation sites (N-methyl/N-ethyl adjacent to an activating group) is 1. The lowest BCUT2D eigenvalue weighted by Gasteiger charge is -2.22. The molecule has 0 radical (unpaired) electrons. The molecular weight excluding hydrogens is 225 g/mol. The summed E-state index contributed by atoms with van der Waals surface area (Å²) in [7, 11) is 1.92. The summed E-state index contributed by atoms with van der Waals surface area (Å²) in [6, 6.07) is 5.19. The first-order chi connectivity index (χ1) is 7.58. The summed E-state index contributed by atoms with van der Waals surface area (Å²) in [5, 5.41) is 3.69. The maximum Gasteiger partial charge on any atom is 0.127 e. The summed E-state index contributed by atoms with van der Waals surface area (Å²) in [4.78, 5) is 0. The molecule has 1 rings (SSSR count). The minimum Gasteiger partial charge on any atom is -0.316 e. The van der Waals surface area contributed by atoms with Crippen molar-refractivity contribution in [1.82, 2.24) is 5.32 Å². The topological polar surface area (TPSA) is 12.0 Å². The van der Waals surface area contributed by atoms with Crippen molar-refractivity contribution in [2.75, 3.05) is 7.05 Å². The van der Waals surface area contributed by atoms with Gasteiger partial charge in [-0.1, -0.05) is 37.9 Å². The van der Waals surface area contributed by atoms with Crippen LogP contribution in [0.4, 0.5) is 4.39 Å². The van der Waals surface area contributed by atoms with Gasteiger partial charge in [0.05, 0.1) is 0 Å². The van der Waals surface area contributed by atoms with E-state index in [4.69, 9.17) is 11.6 Å². The number of nitrogens with one attached hydrogen (secondary N) is 1. The number of hydrogen-bond donors (Lipinski definition) is 1. The van der Waals surface area contributed by atoms with Crippen LogP contribution < -0.4 is 5.32 Å². The van der Waals surface area contributed by atoms with Crippen molar-refractivity contribution in [3.8, 4) is 0 Å². The second-order valence-corrected chi connectivity index (χ2v) is 4.66. The minimum absolute atomic E-state index is 0.212. The fourth-order valence-corrected chi connectivity index (χ4v) is 1.96. The molecule has 0 aliphatic heterocycles. The molecule has 0 saturated carbocycles. The Labute approximate surface area is 102 Å². The van der Waals surface area contributed by atoms with E-state index < -0.39 is 0 Å². The smallest absolute Gasteiger partial charge is 0.127 e. The quantitative estimate of drug-likeness (QED) is 0.832. The summed E-state index contributed by atoms with van der Waals surface area (Å²) in [5.41, 5.74) is 0.726. The predicted octanol–water partition coefficient (Wildman–Crippen LogP) is 3.66. The van der Waals surface area contributed by atoms with Gasteiger partial charge in [0.1, 0.15) is 5.82 Å². The average molecular weight is 244 g/mol. The first-order valence-electron chi connectivity index (χ1n) is 5.69. The van der Waals surface area contributed by atoms with Crippen LogP contribution in [0, 0.1) is 11.7 Å². The Morgan fingerprint density at radius 1 is 1.44 bits per heavy atom. The predicted molar refractivity (Wildman–Crippen MR) is 67.4 cm³/mol. The van der Waals surface area contributed by atoms with E-state index in [1.54, 1.807) is 12.1 Å². The average Bonchev–Trinajstić information content (AvgIpc) is 2.27. The zero-order valence-corrected chi connectivity index (χ0v) is 10.8. The Hall–Kier alpha value is -0.600. The van der Waals surface area contributed by atoms with Crippen molar-refractivity contribution in [3.05, 3.63) is 34.6 Å². The monoisotopic (exact) mass is 243 g/mol. The Morgan fingerprint density at radius 2 is 2.12 bits per heavy atom. The molecule has 16 heavy (non-hydrogen) atoms. The largest absolute Gasteiger partial charge is 0.316 e. The molecule has 1 nitrogen and oxygen atoms in total. The van der Waals surface area contributed by atoms with Gasteiger partial charge in [-0.2, -0.15) is 0 Å². The summed E-state index contributed by atoms with van der Waals surface area (Å²) >= 11 is 5.72. The lowest BCUT2D eigenvalue weighted by molar-refractivity contribution is 0.382. The molecule has 90 valence electrons. The van der Waals surface area contributed by atoms with E-state index in [2.05, 4.69) is 19.2 Å². The molecule has 0 aromatic heterocycles. The molecule has 1 aromatic carbocycles. The number of halogens is 2. The first kappa shape index (κ1) is 13.5. The SMILES string of the molecule is CCC(C)C(Cc1ccc(Cl)cc1F)NC. The second kappa shape index (κ2) is 6.21. The van der Waals surface area contributed by atoms with E-state index in [-0.39, 0.29) is 5.82 Å². The normalized spacial score (nSPS) is 14.8. The van der Waals surface area contributed by atoms with Gasteiger partial charge in [-0.3, -0.25) is 0 Å². The van der Waals surface area contributed by atoms with Crippen molar-refractivity contribution in [1.29, 1.82) is 0 Å². The highest BCUT2D eigenvalue weighted by molar-refractivity contribution is 6.30. The number of rotatable bonds is 5. The van der Waals surface area contributed by atoms with Crippen LogP contribution in [0.25, 0.3) is 0 Å². The van der Waals surface area contributed by atoms with Gasteiger partial charge in [0.2, 0.25) is 0 Å². The molecule has 0 fully saturated rings. The molecule has 0 amide bonds. The van der Waals surface area contributed by atoms with Gasteiger partial charge in [-0.25, -0.2) is 4.39 Å². The number of benzene rings is 1. The van der Waals surface area contributed by atoms with Crippen LogP contribution in [-0.4, -0.2) is 13.1 Å². The van der Waals surface area contributed by atoms with Crippen molar-refractivity contribution in [2.45, 2.75) is 32.7 Å². The maximum absolute atomic E-state index is 13.6. The van der Waals surface area contributed by atoms with Gasteiger partial charge >= 0.3 is 0 Å². The highest BCUT2D eigenvalue weighted by atomic mass is 35.5. The van der Waals surface area contributed by atoms with Gasteiger partial charge in [0.25, 0.3) is 0 Å². The Kier molecular flexibility index (Phi) is 5.23. The Bertz CT molecular complexity index is 341. The summed E-state index contributed by atoms with van der Waals surface area (Å²) < 4.78 is 13.6. The lowest BCUT2D eigenvalue weighted by atomic mass is 9.93. The minimum atomic E-state index is -0.212. The zero-order chi connectivity index (χ0) is 12.1. The molecule has 1 N–H and O–H groups in total. The van der Waals surface area contributed by atoms with Crippen LogP contribution in [0.5, 0.6) is 0 Å². The molecular formula is C13H19ClFN. The molecule has 0 spiro atoms. The van der Waals surface area contributed by atoms with Crippen LogP contribution in [-0.2, 0) is 6.42 Å². The molecule has 1 aromatic rings. The Balaban J connectivity index is 2.78. The molecule has 2 atom stereocenters. The summed E-state index contributed by atoms with van der Waals surface area (Å²) in [6.45, 7) is 4.32. The van der Waals surface area contributed by atoms with Gasteiger partial charge in [0.15, 0.2) is 0 Å². The van der Waals surface area contributed by atoms with Crippen LogP contribution in [0.3, 0.4) is 0 Å². The molecule has 2 unspecified atom stereocenters. The Morgan fingerprint density at radius 3 is 2.62 bits per heavy atom. The third-order valence-corrected chi connectivity index (χ3v) is 3.39. The summed E-state index contributed by atoms with van der Waals surface area (Å²) in [6.07, 6.45) is 1.79. The van der Waals surface area contributed by atoms with Crippen molar-refractivity contribution >= 4 is 11.6 Å². The van der Waals surface area contributed by atoms with E-state index in [1.807, 2.05) is 7.05 Å². The molecule has 0 aliphatic rings. The third kappa shape index (κ3) is 3.46. The standard InChI is InChI=1S/C13H19ClFN/c1-4-9(2)13(16-3)7-10-5-6-11(14)8-12(10)15/h5-6,8-9,13,16H,4,7H2,1-3H3. The van der Waals surface area contributed by atoms with Gasteiger partial charge in [-0.05, 0) is 37.1 Å². The van der Waals surface area contributed by atoms with E-state index in [0.717, 1.165) is 12.0 Å². The van der Waals surface area contributed by atoms with Crippen molar-refractivity contribution in [3.63, 3.8) is 0 Å². The zero-order valence-electron chi connectivity index (χ0n) is 10.1. The fraction of sp³-hybridized carbons (Fsp3) is 0.538. The molecule has 0 saturated heterocycles. The fourth-order valence-electron chi connectivity index (χ4n) is 1.80. The number of hydrogen-bond acceptors (Lipinski definition) is 1. The molecule has 0 bridgehead atoms. The lowest BCUT2D eigenvalue weighted by Crippen LogP contribution is -2.34. The van der Waals surface area contributed by atoms with Crippen molar-refractivity contribution in [2.24, 2.45) is 5.92 Å². The van der Waals surface area contributed by atoms with Crippen LogP contribution >= 0.6 is 11.6 Å². The third-order valence-electron chi connectivity index (χ3n) is 3.16. The maximum atomic E-state index is 13.6. The summed E-state index contributed by atoms with van der Waals surface area (Å²) in [5.74, 6) is 0.316. The highest BCUT2D eigenvalue weighted by Gasteiger charge is 2.16. The van der Waals surface area contributed by atoms with Gasteiger partial charge in [-0.15, -0.1) is 0 Å². The molecule has 3 heteroatoms. The van der Waals surface area contributed by atoms with Crippen molar-refractivity contribution < 1.29 is 4.39 Å². The van der Waals surface area contributed by atoms with E-state index in [0.29, 0.717) is 23.4 Å². The molecule has 0 aliphatic carbocycles. The van der Waals surface area contributed by atoms with Crippen LogP contribution in [0.1, 0.15) is 25.8 Å². The van der Waals surface area contributed by atoms with Gasteiger partial charge < -0.3 is 5.32 Å². The van der Waals surface area contributed by atoms with Crippen LogP contribution in [0.15, 0.2) is 18.2 Å². The first-order valence-corrected chi connectivity index (χ1v) is 6.07. The molecule has 0 heterocycles.